The molecule has 12 nitrogen and oxygen atoms in total. The van der Waals surface area contributed by atoms with E-state index < -0.39 is 43.1 Å². The fourth-order valence-corrected chi connectivity index (χ4v) is 5.26. The smallest absolute Gasteiger partial charge is 0.334 e. The highest BCUT2D eigenvalue weighted by Crippen LogP contribution is 2.54. The van der Waals surface area contributed by atoms with E-state index in [1.165, 1.54) is 25.6 Å². The summed E-state index contributed by atoms with van der Waals surface area (Å²) in [5.41, 5.74) is -0.0283. The summed E-state index contributed by atoms with van der Waals surface area (Å²) in [7, 11) is -2.16. The molecule has 0 radical (unpaired) electrons. The summed E-state index contributed by atoms with van der Waals surface area (Å²) >= 11 is 4.27. The minimum absolute atomic E-state index is 0.183. The van der Waals surface area contributed by atoms with E-state index in [1.807, 2.05) is 0 Å². The van der Waals surface area contributed by atoms with E-state index in [-0.39, 0.29) is 31.9 Å². The molecule has 182 valence electrons. The van der Waals surface area contributed by atoms with Crippen LogP contribution >= 0.6 is 20.2 Å². The zero-order valence-corrected chi connectivity index (χ0v) is 20.7. The molecule has 0 saturated heterocycles. The molecule has 32 heavy (non-hydrogen) atoms. The number of hydrogen-bond donors (Lipinski definition) is 3. The van der Waals surface area contributed by atoms with Crippen molar-refractivity contribution in [2.24, 2.45) is 0 Å². The Kier molecular flexibility index (Phi) is 11.9. The average molecular weight is 494 g/mol. The molecular formula is C18H32N5O7PS. The van der Waals surface area contributed by atoms with Crippen LogP contribution in [-0.4, -0.2) is 76.6 Å². The molecule has 1 aromatic rings. The van der Waals surface area contributed by atoms with Gasteiger partial charge in [-0.2, -0.15) is 12.6 Å². The van der Waals surface area contributed by atoms with Crippen molar-refractivity contribution >= 4 is 38.0 Å². The van der Waals surface area contributed by atoms with Crippen molar-refractivity contribution in [3.05, 3.63) is 11.9 Å². The second kappa shape index (κ2) is 13.6. The number of carbonyl (C=O) groups excluding carboxylic acids is 3. The average Bonchev–Trinajstić information content (AvgIpc) is 3.17. The van der Waals surface area contributed by atoms with Crippen molar-refractivity contribution in [3.63, 3.8) is 0 Å². The zero-order valence-electron chi connectivity index (χ0n) is 18.9. The SMILES string of the molecule is CCOP(=O)(OCC)C(CS)Cc1cn(CC(=O)N[C@@H](C)C(=O)N[C@@H](C)C(=O)OC)nn1. The number of nitrogens with one attached hydrogen (secondary N) is 2. The second-order valence-corrected chi connectivity index (χ2v) is 9.56. The van der Waals surface area contributed by atoms with Crippen molar-refractivity contribution in [1.29, 1.82) is 0 Å². The van der Waals surface area contributed by atoms with Crippen molar-refractivity contribution in [1.82, 2.24) is 25.6 Å². The van der Waals surface area contributed by atoms with Gasteiger partial charge in [-0.05, 0) is 27.7 Å². The summed E-state index contributed by atoms with van der Waals surface area (Å²) in [4.78, 5) is 35.7. The quantitative estimate of drug-likeness (QED) is 0.192. The molecule has 0 saturated carbocycles. The van der Waals surface area contributed by atoms with Crippen LogP contribution < -0.4 is 10.6 Å². The highest BCUT2D eigenvalue weighted by Gasteiger charge is 2.35. The van der Waals surface area contributed by atoms with Crippen LogP contribution in [-0.2, 0) is 45.7 Å². The normalized spacial score (nSPS) is 14.3. The highest BCUT2D eigenvalue weighted by atomic mass is 32.1. The Hall–Kier alpha value is -1.95. The molecule has 1 unspecified atom stereocenters. The molecule has 1 aromatic heterocycles. The van der Waals surface area contributed by atoms with E-state index in [4.69, 9.17) is 9.05 Å². The number of thiol groups is 1. The maximum Gasteiger partial charge on any atom is 0.334 e. The molecule has 0 aliphatic rings. The van der Waals surface area contributed by atoms with Crippen LogP contribution in [0.5, 0.6) is 0 Å². The van der Waals surface area contributed by atoms with Crippen molar-refractivity contribution in [2.45, 2.75) is 58.4 Å². The Balaban J connectivity index is 2.68. The van der Waals surface area contributed by atoms with Crippen LogP contribution in [0.4, 0.5) is 0 Å². The van der Waals surface area contributed by atoms with Gasteiger partial charge < -0.3 is 24.4 Å². The molecule has 14 heteroatoms. The fourth-order valence-electron chi connectivity index (χ4n) is 2.71. The van der Waals surface area contributed by atoms with Crippen LogP contribution in [0.3, 0.4) is 0 Å². The van der Waals surface area contributed by atoms with Gasteiger partial charge in [-0.3, -0.25) is 14.2 Å². The third-order valence-corrected chi connectivity index (χ3v) is 7.52. The van der Waals surface area contributed by atoms with Gasteiger partial charge in [-0.25, -0.2) is 9.48 Å². The van der Waals surface area contributed by atoms with Gasteiger partial charge >= 0.3 is 13.6 Å². The molecule has 0 aromatic carbocycles. The Labute approximate surface area is 193 Å². The minimum Gasteiger partial charge on any atom is -0.467 e. The van der Waals surface area contributed by atoms with E-state index in [9.17, 15) is 18.9 Å². The van der Waals surface area contributed by atoms with Crippen LogP contribution in [0, 0.1) is 0 Å². The van der Waals surface area contributed by atoms with E-state index >= 15 is 0 Å². The van der Waals surface area contributed by atoms with Crippen LogP contribution in [0.15, 0.2) is 6.20 Å². The third-order valence-electron chi connectivity index (χ3n) is 4.30. The third kappa shape index (κ3) is 8.53. The summed E-state index contributed by atoms with van der Waals surface area (Å²) in [6, 6.07) is -1.72. The lowest BCUT2D eigenvalue weighted by molar-refractivity contribution is -0.144. The molecule has 1 heterocycles. The van der Waals surface area contributed by atoms with E-state index in [2.05, 4.69) is 38.3 Å². The number of methoxy groups -OCH3 is 1. The van der Waals surface area contributed by atoms with Gasteiger partial charge in [0.25, 0.3) is 0 Å². The predicted octanol–water partition coefficient (Wildman–Crippen LogP) is 0.568. The predicted molar refractivity (Wildman–Crippen MR) is 119 cm³/mol. The number of aromatic nitrogens is 3. The number of ether oxygens (including phenoxy) is 1. The molecule has 2 N–H and O–H groups in total. The minimum atomic E-state index is -3.37. The number of esters is 1. The monoisotopic (exact) mass is 493 g/mol. The number of rotatable bonds is 14. The zero-order chi connectivity index (χ0) is 24.3. The maximum atomic E-state index is 13.0. The first-order valence-electron chi connectivity index (χ1n) is 10.2. The molecule has 1 rings (SSSR count). The highest BCUT2D eigenvalue weighted by molar-refractivity contribution is 7.80. The standard InChI is InChI=1S/C18H32N5O7PS/c1-6-29-31(27,30-7-2)15(11-32)8-14-9-23(22-21-14)10-16(24)19-12(3)17(25)20-13(4)18(26)28-5/h9,12-13,15,32H,6-8,10-11H2,1-5H3,(H,19,24)(H,20,25)/t12-,13-,15?/m0/s1. The summed E-state index contributed by atoms with van der Waals surface area (Å²) in [5.74, 6) is -1.35. The van der Waals surface area contributed by atoms with Gasteiger partial charge in [0.2, 0.25) is 11.8 Å². The molecular weight excluding hydrogens is 461 g/mol. The van der Waals surface area contributed by atoms with Gasteiger partial charge in [0.1, 0.15) is 18.6 Å². The molecule has 0 aliphatic heterocycles. The topological polar surface area (TPSA) is 151 Å². The maximum absolute atomic E-state index is 13.0. The molecule has 0 fully saturated rings. The first-order chi connectivity index (χ1) is 15.1. The Morgan fingerprint density at radius 1 is 1.16 bits per heavy atom. The van der Waals surface area contributed by atoms with Crippen LogP contribution in [0.25, 0.3) is 0 Å². The van der Waals surface area contributed by atoms with Gasteiger partial charge in [-0.15, -0.1) is 5.10 Å². The Morgan fingerprint density at radius 2 is 1.78 bits per heavy atom. The summed E-state index contributed by atoms with van der Waals surface area (Å²) in [6.45, 7) is 6.71. The number of amides is 2. The van der Waals surface area contributed by atoms with Gasteiger partial charge in [0.05, 0.1) is 31.7 Å². The number of carbonyl (C=O) groups is 3. The van der Waals surface area contributed by atoms with Gasteiger partial charge in [0, 0.05) is 18.4 Å². The summed E-state index contributed by atoms with van der Waals surface area (Å²) in [5, 5.41) is 12.9. The largest absolute Gasteiger partial charge is 0.467 e. The van der Waals surface area contributed by atoms with Crippen molar-refractivity contribution in [2.75, 3.05) is 26.1 Å². The first kappa shape index (κ1) is 28.1. The van der Waals surface area contributed by atoms with Gasteiger partial charge in [-0.1, -0.05) is 5.21 Å². The summed E-state index contributed by atoms with van der Waals surface area (Å²) < 4.78 is 29.6. The lowest BCUT2D eigenvalue weighted by Crippen LogP contribution is -2.50. The fraction of sp³-hybridized carbons (Fsp3) is 0.722. The van der Waals surface area contributed by atoms with Crippen molar-refractivity contribution < 1.29 is 32.7 Å². The molecule has 2 amide bonds. The number of nitrogens with zero attached hydrogens (tertiary/aromatic N) is 3. The molecule has 0 aliphatic carbocycles. The van der Waals surface area contributed by atoms with E-state index in [0.717, 1.165) is 0 Å². The summed E-state index contributed by atoms with van der Waals surface area (Å²) in [6.07, 6.45) is 1.79. The second-order valence-electron chi connectivity index (χ2n) is 6.87. The number of hydrogen-bond acceptors (Lipinski definition) is 10. The lowest BCUT2D eigenvalue weighted by atomic mass is 10.2. The van der Waals surface area contributed by atoms with Crippen LogP contribution in [0.1, 0.15) is 33.4 Å². The van der Waals surface area contributed by atoms with E-state index in [1.54, 1.807) is 20.0 Å². The molecule has 0 bridgehead atoms. The van der Waals surface area contributed by atoms with Crippen molar-refractivity contribution in [3.8, 4) is 0 Å². The molecule has 3 atom stereocenters. The van der Waals surface area contributed by atoms with E-state index in [0.29, 0.717) is 5.69 Å². The first-order valence-corrected chi connectivity index (χ1v) is 12.4. The Morgan fingerprint density at radius 3 is 2.31 bits per heavy atom. The molecule has 0 spiro atoms. The lowest BCUT2D eigenvalue weighted by Gasteiger charge is -2.24. The van der Waals surface area contributed by atoms with Gasteiger partial charge in [0.15, 0.2) is 0 Å². The Bertz CT molecular complexity index is 811. The van der Waals surface area contributed by atoms with Crippen LogP contribution in [0.2, 0.25) is 0 Å².